The van der Waals surface area contributed by atoms with E-state index in [2.05, 4.69) is 103 Å². The van der Waals surface area contributed by atoms with Crippen molar-refractivity contribution in [3.05, 3.63) is 89.4 Å². The van der Waals surface area contributed by atoms with Crippen molar-refractivity contribution in [2.24, 2.45) is 0 Å². The molecule has 0 unspecified atom stereocenters. The average molecular weight is 405 g/mol. The van der Waals surface area contributed by atoms with E-state index >= 15 is 0 Å². The standard InChI is InChI=1S/C27H20N2S/c1-2-29-23-10-6-5-9-21(23)22-17-18(11-14-24(22)29)12-16-26-28-27-20-8-4-3-7-19(20)13-15-25(27)30-26/h3-17H,2H2,1H3/b16-12+. The van der Waals surface area contributed by atoms with Crippen molar-refractivity contribution in [1.82, 2.24) is 9.55 Å². The molecule has 0 atom stereocenters. The van der Waals surface area contributed by atoms with Crippen LogP contribution in [0, 0.1) is 0 Å². The highest BCUT2D eigenvalue weighted by Crippen LogP contribution is 2.32. The smallest absolute Gasteiger partial charge is 0.117 e. The molecule has 2 aromatic heterocycles. The third-order valence-electron chi connectivity index (χ3n) is 5.83. The average Bonchev–Trinajstić information content (AvgIpc) is 3.36. The number of hydrogen-bond acceptors (Lipinski definition) is 2. The number of para-hydroxylation sites is 1. The largest absolute Gasteiger partial charge is 0.341 e. The van der Waals surface area contributed by atoms with Crippen LogP contribution in [0.2, 0.25) is 0 Å². The van der Waals surface area contributed by atoms with Gasteiger partial charge in [-0.15, -0.1) is 11.3 Å². The summed E-state index contributed by atoms with van der Waals surface area (Å²) in [5.74, 6) is 0. The first-order valence-corrected chi connectivity index (χ1v) is 11.1. The Hall–Kier alpha value is -3.43. The second-order valence-electron chi connectivity index (χ2n) is 7.56. The molecule has 30 heavy (non-hydrogen) atoms. The lowest BCUT2D eigenvalue weighted by atomic mass is 10.1. The lowest BCUT2D eigenvalue weighted by Crippen LogP contribution is -1.92. The summed E-state index contributed by atoms with van der Waals surface area (Å²) in [5, 5.41) is 6.13. The second-order valence-corrected chi connectivity index (χ2v) is 8.62. The molecular formula is C27H20N2S. The van der Waals surface area contributed by atoms with Crippen LogP contribution < -0.4 is 0 Å². The van der Waals surface area contributed by atoms with Crippen molar-refractivity contribution < 1.29 is 0 Å². The van der Waals surface area contributed by atoms with Gasteiger partial charge in [-0.1, -0.05) is 60.7 Å². The molecule has 144 valence electrons. The van der Waals surface area contributed by atoms with Crippen LogP contribution in [-0.2, 0) is 6.54 Å². The SMILES string of the molecule is CCn1c2ccccc2c2cc(/C=C/c3nc4c(ccc5ccccc54)s3)ccc21. The highest BCUT2D eigenvalue weighted by atomic mass is 32.1. The minimum Gasteiger partial charge on any atom is -0.341 e. The molecule has 0 N–H and O–H groups in total. The van der Waals surface area contributed by atoms with Gasteiger partial charge in [0.2, 0.25) is 0 Å². The molecule has 0 saturated carbocycles. The molecule has 0 spiro atoms. The Bertz CT molecular complexity index is 1580. The molecule has 0 aliphatic heterocycles. The number of aromatic nitrogens is 2. The molecule has 6 rings (SSSR count). The molecule has 0 bridgehead atoms. The van der Waals surface area contributed by atoms with E-state index < -0.39 is 0 Å². The molecular weight excluding hydrogens is 384 g/mol. The number of thiazole rings is 1. The molecule has 0 saturated heterocycles. The fourth-order valence-corrected chi connectivity index (χ4v) is 5.32. The summed E-state index contributed by atoms with van der Waals surface area (Å²) in [6.45, 7) is 3.18. The van der Waals surface area contributed by atoms with Crippen molar-refractivity contribution in [3.63, 3.8) is 0 Å². The first-order chi connectivity index (χ1) is 14.8. The van der Waals surface area contributed by atoms with Crippen LogP contribution in [0.4, 0.5) is 0 Å². The van der Waals surface area contributed by atoms with E-state index in [0.717, 1.165) is 17.1 Å². The molecule has 0 fully saturated rings. The molecule has 0 radical (unpaired) electrons. The zero-order chi connectivity index (χ0) is 20.1. The maximum atomic E-state index is 4.91. The molecule has 2 nitrogen and oxygen atoms in total. The number of aryl methyl sites for hydroxylation is 1. The van der Waals surface area contributed by atoms with Crippen LogP contribution in [-0.4, -0.2) is 9.55 Å². The summed E-state index contributed by atoms with van der Waals surface area (Å²) in [4.78, 5) is 4.91. The van der Waals surface area contributed by atoms with Crippen LogP contribution >= 0.6 is 11.3 Å². The summed E-state index contributed by atoms with van der Waals surface area (Å²) in [7, 11) is 0. The van der Waals surface area contributed by atoms with E-state index in [9.17, 15) is 0 Å². The number of fused-ring (bicyclic) bond motifs is 6. The van der Waals surface area contributed by atoms with Gasteiger partial charge in [0.25, 0.3) is 0 Å². The van der Waals surface area contributed by atoms with E-state index in [1.165, 1.54) is 42.8 Å². The summed E-state index contributed by atoms with van der Waals surface area (Å²) in [6, 6.07) is 28.2. The van der Waals surface area contributed by atoms with Crippen LogP contribution in [0.15, 0.2) is 78.9 Å². The van der Waals surface area contributed by atoms with Crippen LogP contribution in [0.1, 0.15) is 17.5 Å². The predicted octanol–water partition coefficient (Wildman–Crippen LogP) is 7.75. The Balaban J connectivity index is 1.44. The maximum absolute atomic E-state index is 4.91. The van der Waals surface area contributed by atoms with Gasteiger partial charge in [-0.2, -0.15) is 0 Å². The molecule has 0 aliphatic rings. The fourth-order valence-electron chi connectivity index (χ4n) is 4.43. The van der Waals surface area contributed by atoms with Crippen molar-refractivity contribution in [2.45, 2.75) is 13.5 Å². The van der Waals surface area contributed by atoms with Crippen LogP contribution in [0.5, 0.6) is 0 Å². The molecule has 2 heterocycles. The monoisotopic (exact) mass is 404 g/mol. The third-order valence-corrected chi connectivity index (χ3v) is 6.82. The Kier molecular flexibility index (Phi) is 3.96. The van der Waals surface area contributed by atoms with E-state index in [1.54, 1.807) is 11.3 Å². The number of rotatable bonds is 3. The highest BCUT2D eigenvalue weighted by molar-refractivity contribution is 7.19. The lowest BCUT2D eigenvalue weighted by Gasteiger charge is -2.02. The third kappa shape index (κ3) is 2.66. The van der Waals surface area contributed by atoms with E-state index in [4.69, 9.17) is 4.98 Å². The van der Waals surface area contributed by atoms with Gasteiger partial charge >= 0.3 is 0 Å². The zero-order valence-electron chi connectivity index (χ0n) is 16.7. The van der Waals surface area contributed by atoms with Gasteiger partial charge in [0, 0.05) is 33.7 Å². The maximum Gasteiger partial charge on any atom is 0.117 e. The molecule has 0 aliphatic carbocycles. The van der Waals surface area contributed by atoms with E-state index in [-0.39, 0.29) is 0 Å². The van der Waals surface area contributed by atoms with Gasteiger partial charge in [0.05, 0.1) is 10.2 Å². The molecule has 4 aromatic carbocycles. The van der Waals surface area contributed by atoms with Crippen molar-refractivity contribution >= 4 is 66.3 Å². The zero-order valence-corrected chi connectivity index (χ0v) is 17.5. The van der Waals surface area contributed by atoms with Gasteiger partial charge in [-0.25, -0.2) is 4.98 Å². The molecule has 0 amide bonds. The topological polar surface area (TPSA) is 17.8 Å². The Labute approximate surface area is 178 Å². The van der Waals surface area contributed by atoms with Gasteiger partial charge in [0.1, 0.15) is 5.01 Å². The summed E-state index contributed by atoms with van der Waals surface area (Å²) in [5.41, 5.74) is 4.89. The Morgan fingerprint density at radius 1 is 0.800 bits per heavy atom. The quantitative estimate of drug-likeness (QED) is 0.295. The highest BCUT2D eigenvalue weighted by Gasteiger charge is 2.09. The van der Waals surface area contributed by atoms with E-state index in [1.807, 2.05) is 0 Å². The van der Waals surface area contributed by atoms with Crippen LogP contribution in [0.3, 0.4) is 0 Å². The van der Waals surface area contributed by atoms with Crippen molar-refractivity contribution in [1.29, 1.82) is 0 Å². The Morgan fingerprint density at radius 3 is 2.50 bits per heavy atom. The van der Waals surface area contributed by atoms with Gasteiger partial charge < -0.3 is 4.57 Å². The first kappa shape index (κ1) is 17.4. The van der Waals surface area contributed by atoms with Gasteiger partial charge in [-0.3, -0.25) is 0 Å². The van der Waals surface area contributed by atoms with Gasteiger partial charge in [0.15, 0.2) is 0 Å². The molecule has 3 heteroatoms. The Morgan fingerprint density at radius 2 is 1.60 bits per heavy atom. The number of nitrogens with zero attached hydrogens (tertiary/aromatic N) is 2. The lowest BCUT2D eigenvalue weighted by molar-refractivity contribution is 0.827. The van der Waals surface area contributed by atoms with Crippen molar-refractivity contribution in [3.8, 4) is 0 Å². The summed E-state index contributed by atoms with van der Waals surface area (Å²) >= 11 is 1.74. The first-order valence-electron chi connectivity index (χ1n) is 10.3. The normalized spacial score (nSPS) is 12.2. The number of benzene rings is 4. The number of hydrogen-bond donors (Lipinski definition) is 0. The minimum atomic E-state index is 0.971. The van der Waals surface area contributed by atoms with E-state index in [0.29, 0.717) is 0 Å². The van der Waals surface area contributed by atoms with Crippen molar-refractivity contribution in [2.75, 3.05) is 0 Å². The minimum absolute atomic E-state index is 0.971. The summed E-state index contributed by atoms with van der Waals surface area (Å²) in [6.07, 6.45) is 4.32. The second kappa shape index (κ2) is 6.82. The molecule has 6 aromatic rings. The fraction of sp³-hybridized carbons (Fsp3) is 0.0741. The van der Waals surface area contributed by atoms with Crippen LogP contribution in [0.25, 0.3) is 54.9 Å². The predicted molar refractivity (Wildman–Crippen MR) is 131 cm³/mol. The summed E-state index contributed by atoms with van der Waals surface area (Å²) < 4.78 is 3.62. The van der Waals surface area contributed by atoms with Gasteiger partial charge in [-0.05, 0) is 48.2 Å².